The van der Waals surface area contributed by atoms with E-state index < -0.39 is 5.57 Å². The lowest BCUT2D eigenvalue weighted by Gasteiger charge is -2.34. The topological polar surface area (TPSA) is 74.3 Å². The van der Waals surface area contributed by atoms with Crippen LogP contribution in [0.1, 0.15) is 0 Å². The summed E-state index contributed by atoms with van der Waals surface area (Å²) in [5.41, 5.74) is -3.28. The number of aliphatic hydroxyl groups is 1. The number of nitrogens with one attached hydrogen (secondary N) is 1. The molecule has 1 aliphatic rings. The molecule has 2 rings (SSSR count). The van der Waals surface area contributed by atoms with Crippen molar-refractivity contribution in [1.29, 1.82) is 0 Å². The van der Waals surface area contributed by atoms with Gasteiger partial charge in [-0.15, -0.1) is 21.2 Å². The van der Waals surface area contributed by atoms with Crippen LogP contribution in [0, 0.1) is 0 Å². The zero-order valence-electron chi connectivity index (χ0n) is 15.3. The summed E-state index contributed by atoms with van der Waals surface area (Å²) < 4.78 is 34.6. The molecular weight excluding hydrogens is 419 g/mol. The number of amides is 1. The largest absolute Gasteiger partial charge is 0.487 e. The number of hydrogen-bond donors (Lipinski definition) is 2. The highest BCUT2D eigenvalue weighted by molar-refractivity contribution is 6.20. The maximum Gasteiger partial charge on any atom is 0.487 e. The Morgan fingerprint density at radius 2 is 1.75 bits per heavy atom. The Bertz CT molecular complexity index is 583. The molecule has 0 radical (unpaired) electrons. The lowest BCUT2D eigenvalue weighted by molar-refractivity contribution is -0.117. The molecule has 160 valence electrons. The summed E-state index contributed by atoms with van der Waals surface area (Å²) in [5.74, 6) is -0.266. The van der Waals surface area contributed by atoms with Gasteiger partial charge in [0.25, 0.3) is 0 Å². The SMILES string of the molecule is Cl.O=C(CN1CCN(CCOCCO)CC1)Nc1ccc(OC(F)(F)Cl)cc1. The van der Waals surface area contributed by atoms with Crippen molar-refractivity contribution in [2.45, 2.75) is 5.57 Å². The predicted octanol–water partition coefficient (Wildman–Crippen LogP) is 1.84. The minimum absolute atomic E-state index is 0. The van der Waals surface area contributed by atoms with E-state index in [1.807, 2.05) is 4.90 Å². The number of benzene rings is 1. The van der Waals surface area contributed by atoms with Crippen LogP contribution < -0.4 is 10.1 Å². The first-order chi connectivity index (χ1) is 12.9. The monoisotopic (exact) mass is 443 g/mol. The number of halogens is 4. The summed E-state index contributed by atoms with van der Waals surface area (Å²) in [4.78, 5) is 16.4. The van der Waals surface area contributed by atoms with Gasteiger partial charge in [0.1, 0.15) is 5.75 Å². The number of nitrogens with zero attached hydrogens (tertiary/aromatic N) is 2. The summed E-state index contributed by atoms with van der Waals surface area (Å²) in [6.45, 7) is 5.23. The van der Waals surface area contributed by atoms with E-state index in [9.17, 15) is 13.6 Å². The smallest absolute Gasteiger partial charge is 0.420 e. The van der Waals surface area contributed by atoms with Crippen LogP contribution in [0.25, 0.3) is 0 Å². The van der Waals surface area contributed by atoms with Crippen molar-refractivity contribution in [3.63, 3.8) is 0 Å². The molecule has 2 N–H and O–H groups in total. The van der Waals surface area contributed by atoms with E-state index in [0.29, 0.717) is 18.9 Å². The number of carbonyl (C=O) groups excluding carboxylic acids is 1. The van der Waals surface area contributed by atoms with Gasteiger partial charge in [-0.1, -0.05) is 0 Å². The van der Waals surface area contributed by atoms with Crippen molar-refractivity contribution in [3.05, 3.63) is 24.3 Å². The third-order valence-corrected chi connectivity index (χ3v) is 4.07. The van der Waals surface area contributed by atoms with Crippen molar-refractivity contribution >= 4 is 35.6 Å². The van der Waals surface area contributed by atoms with E-state index in [2.05, 4.69) is 15.0 Å². The number of ether oxygens (including phenoxy) is 2. The molecule has 1 aliphatic heterocycles. The number of alkyl halides is 3. The highest BCUT2D eigenvalue weighted by Gasteiger charge is 2.27. The molecule has 11 heteroatoms. The second-order valence-corrected chi connectivity index (χ2v) is 6.51. The van der Waals surface area contributed by atoms with Crippen LogP contribution in [0.2, 0.25) is 0 Å². The van der Waals surface area contributed by atoms with Gasteiger partial charge in [0, 0.05) is 50.0 Å². The number of carbonyl (C=O) groups is 1. The molecule has 1 heterocycles. The summed E-state index contributed by atoms with van der Waals surface area (Å²) in [5, 5.41) is 11.4. The molecule has 0 unspecified atom stereocenters. The normalized spacial score (nSPS) is 15.7. The third kappa shape index (κ3) is 9.81. The zero-order valence-corrected chi connectivity index (χ0v) is 16.9. The van der Waals surface area contributed by atoms with E-state index in [1.54, 1.807) is 0 Å². The quantitative estimate of drug-likeness (QED) is 0.424. The van der Waals surface area contributed by atoms with E-state index in [0.717, 1.165) is 32.7 Å². The van der Waals surface area contributed by atoms with Gasteiger partial charge in [0.05, 0.1) is 26.4 Å². The van der Waals surface area contributed by atoms with E-state index in [-0.39, 0.29) is 37.2 Å². The van der Waals surface area contributed by atoms with Crippen molar-refractivity contribution in [3.8, 4) is 5.75 Å². The number of rotatable bonds is 10. The maximum atomic E-state index is 12.6. The third-order valence-electron chi connectivity index (χ3n) is 3.99. The molecule has 0 saturated carbocycles. The minimum Gasteiger partial charge on any atom is -0.420 e. The van der Waals surface area contributed by atoms with Gasteiger partial charge in [0.15, 0.2) is 0 Å². The van der Waals surface area contributed by atoms with Crippen molar-refractivity contribution in [2.24, 2.45) is 0 Å². The van der Waals surface area contributed by atoms with Crippen LogP contribution in [0.15, 0.2) is 24.3 Å². The Hall–Kier alpha value is -1.23. The first-order valence-corrected chi connectivity index (χ1v) is 9.02. The molecule has 0 atom stereocenters. The Morgan fingerprint density at radius 1 is 1.14 bits per heavy atom. The first kappa shape index (κ1) is 24.8. The Kier molecular flexibility index (Phi) is 10.9. The van der Waals surface area contributed by atoms with Gasteiger partial charge in [0.2, 0.25) is 5.91 Å². The Labute approximate surface area is 173 Å². The first-order valence-electron chi connectivity index (χ1n) is 8.65. The molecule has 1 aromatic carbocycles. The number of hydrogen-bond acceptors (Lipinski definition) is 6. The van der Waals surface area contributed by atoms with Gasteiger partial charge in [-0.05, 0) is 24.3 Å². The molecule has 1 fully saturated rings. The molecule has 1 amide bonds. The number of aliphatic hydroxyl groups excluding tert-OH is 1. The van der Waals surface area contributed by atoms with Crippen LogP contribution >= 0.6 is 24.0 Å². The number of piperazine rings is 1. The standard InChI is InChI=1S/C17H24ClF2N3O4.ClH/c18-17(19,20)27-15-3-1-14(2-4-15)21-16(25)13-23-7-5-22(6-8-23)9-11-26-12-10-24;/h1-4,24H,5-13H2,(H,21,25);1H. The van der Waals surface area contributed by atoms with Crippen molar-refractivity contribution < 1.29 is 28.2 Å². The fraction of sp³-hybridized carbons (Fsp3) is 0.588. The van der Waals surface area contributed by atoms with Crippen molar-refractivity contribution in [2.75, 3.05) is 64.4 Å². The fourth-order valence-electron chi connectivity index (χ4n) is 2.67. The maximum absolute atomic E-state index is 12.6. The van der Waals surface area contributed by atoms with Gasteiger partial charge >= 0.3 is 5.57 Å². The zero-order chi connectivity index (χ0) is 19.7. The molecule has 1 aromatic rings. The van der Waals surface area contributed by atoms with Gasteiger partial charge in [-0.3, -0.25) is 14.6 Å². The van der Waals surface area contributed by atoms with Gasteiger partial charge < -0.3 is 19.9 Å². The highest BCUT2D eigenvalue weighted by atomic mass is 35.5. The highest BCUT2D eigenvalue weighted by Crippen LogP contribution is 2.25. The lowest BCUT2D eigenvalue weighted by atomic mass is 10.3. The number of anilines is 1. The fourth-order valence-corrected chi connectivity index (χ4v) is 2.76. The van der Waals surface area contributed by atoms with Crippen LogP contribution in [0.3, 0.4) is 0 Å². The molecule has 1 saturated heterocycles. The minimum atomic E-state index is -3.77. The average molecular weight is 444 g/mol. The van der Waals surface area contributed by atoms with E-state index in [4.69, 9.17) is 21.4 Å². The Morgan fingerprint density at radius 3 is 2.32 bits per heavy atom. The van der Waals surface area contributed by atoms with E-state index >= 15 is 0 Å². The molecule has 0 aromatic heterocycles. The molecule has 0 aliphatic carbocycles. The van der Waals surface area contributed by atoms with Gasteiger partial charge in [-0.2, -0.15) is 0 Å². The second-order valence-electron chi connectivity index (χ2n) is 6.07. The second kappa shape index (κ2) is 12.4. The van der Waals surface area contributed by atoms with Crippen LogP contribution in [-0.4, -0.2) is 85.5 Å². The summed E-state index contributed by atoms with van der Waals surface area (Å²) in [6.07, 6.45) is 0. The summed E-state index contributed by atoms with van der Waals surface area (Å²) in [7, 11) is 0. The Balaban J connectivity index is 0.00000392. The molecule has 0 bridgehead atoms. The van der Waals surface area contributed by atoms with Crippen LogP contribution in [-0.2, 0) is 9.53 Å². The molecule has 7 nitrogen and oxygen atoms in total. The molecule has 0 spiro atoms. The van der Waals surface area contributed by atoms with Crippen LogP contribution in [0.5, 0.6) is 5.75 Å². The van der Waals surface area contributed by atoms with Gasteiger partial charge in [-0.25, -0.2) is 0 Å². The predicted molar refractivity (Wildman–Crippen MR) is 105 cm³/mol. The van der Waals surface area contributed by atoms with Crippen LogP contribution in [0.4, 0.5) is 14.5 Å². The molecule has 28 heavy (non-hydrogen) atoms. The average Bonchev–Trinajstić information content (AvgIpc) is 2.60. The summed E-state index contributed by atoms with van der Waals surface area (Å²) in [6, 6.07) is 5.56. The summed E-state index contributed by atoms with van der Waals surface area (Å²) >= 11 is 4.70. The van der Waals surface area contributed by atoms with Crippen molar-refractivity contribution in [1.82, 2.24) is 9.80 Å². The van der Waals surface area contributed by atoms with E-state index in [1.165, 1.54) is 24.3 Å². The molecular formula is C17H25Cl2F2N3O4. The lowest BCUT2D eigenvalue weighted by Crippen LogP contribution is -2.49.